The van der Waals surface area contributed by atoms with Crippen LogP contribution in [0.3, 0.4) is 0 Å². The van der Waals surface area contributed by atoms with Crippen LogP contribution in [0.25, 0.3) is 10.9 Å². The molecule has 0 spiro atoms. The van der Waals surface area contributed by atoms with E-state index in [9.17, 15) is 9.59 Å². The van der Waals surface area contributed by atoms with Crippen LogP contribution < -0.4 is 15.5 Å². The Morgan fingerprint density at radius 1 is 1.03 bits per heavy atom. The van der Waals surface area contributed by atoms with Crippen LogP contribution in [-0.2, 0) is 17.9 Å². The number of carbonyl (C=O) groups excluding carboxylic acids is 2. The van der Waals surface area contributed by atoms with Gasteiger partial charge >= 0.3 is 0 Å². The maximum absolute atomic E-state index is 13.2. The van der Waals surface area contributed by atoms with Crippen LogP contribution in [0.1, 0.15) is 40.0 Å². The molecule has 1 fully saturated rings. The first-order chi connectivity index (χ1) is 19.0. The van der Waals surface area contributed by atoms with Crippen molar-refractivity contribution >= 4 is 22.7 Å². The molecule has 1 aromatic heterocycles. The lowest BCUT2D eigenvalue weighted by atomic mass is 10.0. The van der Waals surface area contributed by atoms with Crippen molar-refractivity contribution in [3.8, 4) is 5.75 Å². The number of ether oxygens (including phenoxy) is 1. The van der Waals surface area contributed by atoms with Crippen molar-refractivity contribution in [2.75, 3.05) is 6.54 Å². The number of nitrogens with one attached hydrogen (secondary N) is 2. The minimum atomic E-state index is -0.459. The van der Waals surface area contributed by atoms with E-state index < -0.39 is 5.91 Å². The molecule has 39 heavy (non-hydrogen) atoms. The van der Waals surface area contributed by atoms with Crippen LogP contribution in [0.4, 0.5) is 0 Å². The first-order valence-electron chi connectivity index (χ1n) is 13.1. The van der Waals surface area contributed by atoms with Crippen molar-refractivity contribution in [1.29, 1.82) is 0 Å². The number of hydrogen-bond acceptors (Lipinski definition) is 6. The van der Waals surface area contributed by atoms with Gasteiger partial charge in [-0.25, -0.2) is 5.48 Å². The fourth-order valence-corrected chi connectivity index (χ4v) is 5.22. The number of hydrogen-bond donors (Lipinski definition) is 3. The SMILES string of the molecule is Cc1cc(COc2ccc(C(=O)NC3[C@@H](CC(=O)NO)CCN3Cc3ccccc3)cc2)c2ccccc2n1. The van der Waals surface area contributed by atoms with Gasteiger partial charge in [-0.05, 0) is 55.3 Å². The maximum Gasteiger partial charge on any atom is 0.252 e. The van der Waals surface area contributed by atoms with Gasteiger partial charge in [0.25, 0.3) is 5.91 Å². The molecule has 3 N–H and O–H groups in total. The highest BCUT2D eigenvalue weighted by molar-refractivity contribution is 5.94. The molecule has 4 aromatic rings. The van der Waals surface area contributed by atoms with Crippen LogP contribution in [0.15, 0.2) is 84.9 Å². The summed E-state index contributed by atoms with van der Waals surface area (Å²) in [6.07, 6.45) is 0.526. The van der Waals surface area contributed by atoms with Crippen LogP contribution >= 0.6 is 0 Å². The fourth-order valence-electron chi connectivity index (χ4n) is 5.22. The van der Waals surface area contributed by atoms with Gasteiger partial charge in [0.2, 0.25) is 5.91 Å². The van der Waals surface area contributed by atoms with Crippen LogP contribution in [0, 0.1) is 12.8 Å². The summed E-state index contributed by atoms with van der Waals surface area (Å²) < 4.78 is 6.04. The normalized spacial score (nSPS) is 17.2. The summed E-state index contributed by atoms with van der Waals surface area (Å²) in [6.45, 7) is 3.74. The van der Waals surface area contributed by atoms with Gasteiger partial charge in [-0.2, -0.15) is 0 Å². The van der Waals surface area contributed by atoms with Gasteiger partial charge in [0.1, 0.15) is 12.4 Å². The van der Waals surface area contributed by atoms with E-state index in [-0.39, 0.29) is 24.4 Å². The summed E-state index contributed by atoms with van der Waals surface area (Å²) in [5, 5.41) is 13.2. The number of hydroxylamine groups is 1. The van der Waals surface area contributed by atoms with E-state index in [0.29, 0.717) is 24.5 Å². The molecule has 2 atom stereocenters. The van der Waals surface area contributed by atoms with Crippen molar-refractivity contribution in [2.24, 2.45) is 5.92 Å². The third kappa shape index (κ3) is 6.42. The summed E-state index contributed by atoms with van der Waals surface area (Å²) in [7, 11) is 0. The van der Waals surface area contributed by atoms with Gasteiger partial charge in [-0.3, -0.25) is 24.7 Å². The number of pyridine rings is 1. The van der Waals surface area contributed by atoms with E-state index in [1.54, 1.807) is 29.7 Å². The Morgan fingerprint density at radius 3 is 2.54 bits per heavy atom. The highest BCUT2D eigenvalue weighted by atomic mass is 16.5. The molecule has 2 amide bonds. The molecule has 1 aliphatic heterocycles. The molecular formula is C31H32N4O4. The average Bonchev–Trinajstić information content (AvgIpc) is 3.32. The second-order valence-corrected chi connectivity index (χ2v) is 9.92. The number of likely N-dealkylation sites (tertiary alicyclic amines) is 1. The Labute approximate surface area is 227 Å². The van der Waals surface area contributed by atoms with E-state index in [1.165, 1.54) is 0 Å². The molecular weight excluding hydrogens is 492 g/mol. The summed E-state index contributed by atoms with van der Waals surface area (Å²) in [5.41, 5.74) is 6.27. The predicted octanol–water partition coefficient (Wildman–Crippen LogP) is 4.60. The Morgan fingerprint density at radius 2 is 1.77 bits per heavy atom. The molecule has 2 heterocycles. The number of carbonyl (C=O) groups is 2. The van der Waals surface area contributed by atoms with Gasteiger partial charge in [-0.1, -0.05) is 48.5 Å². The van der Waals surface area contributed by atoms with Crippen LogP contribution in [0.5, 0.6) is 5.75 Å². The molecule has 8 heteroatoms. The van der Waals surface area contributed by atoms with Crippen molar-refractivity contribution < 1.29 is 19.5 Å². The van der Waals surface area contributed by atoms with E-state index in [1.807, 2.05) is 67.6 Å². The third-order valence-corrected chi connectivity index (χ3v) is 7.15. The Hall–Kier alpha value is -4.27. The molecule has 1 unspecified atom stereocenters. The summed E-state index contributed by atoms with van der Waals surface area (Å²) in [4.78, 5) is 31.9. The summed E-state index contributed by atoms with van der Waals surface area (Å²) >= 11 is 0. The summed E-state index contributed by atoms with van der Waals surface area (Å²) in [5.74, 6) is -0.142. The minimum absolute atomic E-state index is 0.119. The molecule has 1 saturated heterocycles. The lowest BCUT2D eigenvalue weighted by Gasteiger charge is -2.29. The number of rotatable bonds is 9. The number of benzene rings is 3. The highest BCUT2D eigenvalue weighted by Gasteiger charge is 2.36. The lowest BCUT2D eigenvalue weighted by molar-refractivity contribution is -0.130. The first kappa shape index (κ1) is 26.3. The number of amides is 2. The topological polar surface area (TPSA) is 104 Å². The van der Waals surface area contributed by atoms with Crippen LogP contribution in [0.2, 0.25) is 0 Å². The molecule has 1 aliphatic rings. The Balaban J connectivity index is 1.25. The second kappa shape index (κ2) is 12.1. The first-order valence-corrected chi connectivity index (χ1v) is 13.1. The van der Waals surface area contributed by atoms with Gasteiger partial charge in [0.05, 0.1) is 11.7 Å². The van der Waals surface area contributed by atoms with E-state index in [2.05, 4.69) is 15.2 Å². The second-order valence-electron chi connectivity index (χ2n) is 9.92. The lowest BCUT2D eigenvalue weighted by Crippen LogP contribution is -2.48. The molecule has 0 saturated carbocycles. The number of fused-ring (bicyclic) bond motifs is 1. The standard InChI is InChI=1S/C31H32N4O4/c1-21-17-25(27-9-5-6-10-28(27)32-21)20-39-26-13-11-23(12-14-26)31(37)33-30-24(18-29(36)34-38)15-16-35(30)19-22-7-3-2-4-8-22/h2-14,17,24,30,38H,15-16,18-20H2,1H3,(H,33,37)(H,34,36)/t24-,30?/m1/s1. The van der Waals surface area contributed by atoms with Crippen molar-refractivity contribution in [3.05, 3.63) is 107 Å². The van der Waals surface area contributed by atoms with Crippen molar-refractivity contribution in [2.45, 2.75) is 39.1 Å². The smallest absolute Gasteiger partial charge is 0.252 e. The predicted molar refractivity (Wildman–Crippen MR) is 148 cm³/mol. The summed E-state index contributed by atoms with van der Waals surface area (Å²) in [6, 6.07) is 27.1. The minimum Gasteiger partial charge on any atom is -0.489 e. The van der Waals surface area contributed by atoms with Gasteiger partial charge in [0, 0.05) is 47.6 Å². The molecule has 0 bridgehead atoms. The molecule has 8 nitrogen and oxygen atoms in total. The largest absolute Gasteiger partial charge is 0.489 e. The zero-order valence-corrected chi connectivity index (χ0v) is 21.8. The zero-order chi connectivity index (χ0) is 27.2. The number of nitrogens with zero attached hydrogens (tertiary/aromatic N) is 2. The molecule has 0 aliphatic carbocycles. The van der Waals surface area contributed by atoms with E-state index >= 15 is 0 Å². The van der Waals surface area contributed by atoms with Crippen molar-refractivity contribution in [1.82, 2.24) is 20.7 Å². The number of aromatic nitrogens is 1. The molecule has 200 valence electrons. The molecule has 0 radical (unpaired) electrons. The Bertz CT molecular complexity index is 1440. The van der Waals surface area contributed by atoms with Gasteiger partial charge in [-0.15, -0.1) is 0 Å². The van der Waals surface area contributed by atoms with Gasteiger partial charge < -0.3 is 10.1 Å². The maximum atomic E-state index is 13.2. The molecule has 3 aromatic carbocycles. The van der Waals surface area contributed by atoms with Crippen molar-refractivity contribution in [3.63, 3.8) is 0 Å². The quantitative estimate of drug-likeness (QED) is 0.219. The zero-order valence-electron chi connectivity index (χ0n) is 21.8. The molecule has 5 rings (SSSR count). The number of aryl methyl sites for hydroxylation is 1. The third-order valence-electron chi connectivity index (χ3n) is 7.15. The van der Waals surface area contributed by atoms with E-state index in [0.717, 1.165) is 40.7 Å². The Kier molecular flexibility index (Phi) is 8.15. The van der Waals surface area contributed by atoms with E-state index in [4.69, 9.17) is 9.94 Å². The van der Waals surface area contributed by atoms with Crippen LogP contribution in [-0.4, -0.2) is 39.6 Å². The number of para-hydroxylation sites is 1. The fraction of sp³-hybridized carbons (Fsp3) is 0.258. The monoisotopic (exact) mass is 524 g/mol. The average molecular weight is 525 g/mol. The van der Waals surface area contributed by atoms with Gasteiger partial charge in [0.15, 0.2) is 0 Å². The highest BCUT2D eigenvalue weighted by Crippen LogP contribution is 2.28.